The van der Waals surface area contributed by atoms with Gasteiger partial charge in [0.2, 0.25) is 0 Å². The average Bonchev–Trinajstić information content (AvgIpc) is 2.88. The summed E-state index contributed by atoms with van der Waals surface area (Å²) in [4.78, 5) is 0. The van der Waals surface area contributed by atoms with Crippen molar-refractivity contribution in [3.8, 4) is 0 Å². The lowest BCUT2D eigenvalue weighted by atomic mass is 9.99. The Morgan fingerprint density at radius 2 is 1.25 bits per heavy atom. The summed E-state index contributed by atoms with van der Waals surface area (Å²) in [7, 11) is -2.16. The molecule has 2 aromatic carbocycles. The van der Waals surface area contributed by atoms with Crippen LogP contribution in [0.15, 0.2) is 60.7 Å². The zero-order chi connectivity index (χ0) is 14.0. The second kappa shape index (κ2) is 5.51. The molecule has 1 saturated heterocycles. The van der Waals surface area contributed by atoms with Crippen molar-refractivity contribution in [2.24, 2.45) is 0 Å². The fourth-order valence-corrected chi connectivity index (χ4v) is 3.50. The van der Waals surface area contributed by atoms with E-state index in [4.69, 9.17) is 13.6 Å². The maximum atomic E-state index is 12.3. The fourth-order valence-electron chi connectivity index (χ4n) is 2.26. The molecule has 0 aromatic heterocycles. The van der Waals surface area contributed by atoms with Gasteiger partial charge in [0.1, 0.15) is 12.2 Å². The molecule has 0 bridgehead atoms. The van der Waals surface area contributed by atoms with E-state index in [9.17, 15) is 4.57 Å². The van der Waals surface area contributed by atoms with Crippen LogP contribution in [0.2, 0.25) is 0 Å². The van der Waals surface area contributed by atoms with Gasteiger partial charge in [-0.1, -0.05) is 60.7 Å². The van der Waals surface area contributed by atoms with E-state index < -0.39 is 20.0 Å². The molecule has 0 amide bonds. The number of phosphoric ester groups is 1. The third-order valence-corrected chi connectivity index (χ3v) is 4.66. The monoisotopic (exact) mass is 290 g/mol. The van der Waals surface area contributed by atoms with Crippen molar-refractivity contribution >= 4 is 7.82 Å². The van der Waals surface area contributed by atoms with Gasteiger partial charge in [0.25, 0.3) is 0 Å². The first-order valence-corrected chi connectivity index (χ1v) is 7.80. The number of rotatable bonds is 3. The molecule has 2 atom stereocenters. The molecule has 0 spiro atoms. The van der Waals surface area contributed by atoms with Gasteiger partial charge in [-0.25, -0.2) is 4.57 Å². The van der Waals surface area contributed by atoms with Gasteiger partial charge in [-0.3, -0.25) is 13.6 Å². The van der Waals surface area contributed by atoms with Crippen LogP contribution in [0, 0.1) is 0 Å². The molecular weight excluding hydrogens is 275 g/mol. The molecule has 0 radical (unpaired) electrons. The van der Waals surface area contributed by atoms with E-state index in [0.717, 1.165) is 11.1 Å². The molecule has 104 valence electrons. The molecule has 3 rings (SSSR count). The van der Waals surface area contributed by atoms with Crippen molar-refractivity contribution in [1.82, 2.24) is 0 Å². The maximum absolute atomic E-state index is 12.3. The van der Waals surface area contributed by atoms with Gasteiger partial charge in [-0.05, 0) is 11.1 Å². The second-order valence-electron chi connectivity index (χ2n) is 4.50. The van der Waals surface area contributed by atoms with Gasteiger partial charge >= 0.3 is 7.82 Å². The normalized spacial score (nSPS) is 29.4. The smallest absolute Gasteiger partial charge is 0.290 e. The first-order valence-electron chi connectivity index (χ1n) is 6.34. The molecule has 2 aromatic rings. The van der Waals surface area contributed by atoms with Crippen LogP contribution in [0.1, 0.15) is 23.3 Å². The molecule has 2 unspecified atom stereocenters. The summed E-state index contributed by atoms with van der Waals surface area (Å²) in [6.45, 7) is 0. The molecule has 1 aliphatic rings. The Morgan fingerprint density at radius 3 is 1.60 bits per heavy atom. The third kappa shape index (κ3) is 2.56. The van der Waals surface area contributed by atoms with Crippen molar-refractivity contribution in [1.29, 1.82) is 0 Å². The Kier molecular flexibility index (Phi) is 3.72. The highest BCUT2D eigenvalue weighted by Gasteiger charge is 2.46. The average molecular weight is 290 g/mol. The topological polar surface area (TPSA) is 44.8 Å². The van der Waals surface area contributed by atoms with E-state index in [2.05, 4.69) is 0 Å². The molecule has 0 aliphatic carbocycles. The van der Waals surface area contributed by atoms with E-state index in [1.54, 1.807) is 0 Å². The molecular formula is C15H15O4P. The Bertz CT molecular complexity index is 563. The highest BCUT2D eigenvalue weighted by molar-refractivity contribution is 7.48. The number of hydrogen-bond acceptors (Lipinski definition) is 4. The van der Waals surface area contributed by atoms with E-state index in [0.29, 0.717) is 0 Å². The van der Waals surface area contributed by atoms with Crippen molar-refractivity contribution in [3.05, 3.63) is 71.8 Å². The summed E-state index contributed by atoms with van der Waals surface area (Å²) < 4.78 is 28.3. The Morgan fingerprint density at radius 1 is 0.850 bits per heavy atom. The first-order chi connectivity index (χ1) is 9.72. The predicted octanol–water partition coefficient (Wildman–Crippen LogP) is 4.27. The van der Waals surface area contributed by atoms with E-state index in [1.807, 2.05) is 60.7 Å². The van der Waals surface area contributed by atoms with Crippen LogP contribution in [-0.2, 0) is 18.1 Å². The molecule has 5 heteroatoms. The van der Waals surface area contributed by atoms with Crippen LogP contribution in [0.3, 0.4) is 0 Å². The van der Waals surface area contributed by atoms with Crippen LogP contribution in [-0.4, -0.2) is 7.11 Å². The van der Waals surface area contributed by atoms with Gasteiger partial charge < -0.3 is 0 Å². The molecule has 0 saturated carbocycles. The Balaban J connectivity index is 1.99. The van der Waals surface area contributed by atoms with Gasteiger partial charge in [-0.15, -0.1) is 0 Å². The summed E-state index contributed by atoms with van der Waals surface area (Å²) >= 11 is 0. The number of benzene rings is 2. The summed E-state index contributed by atoms with van der Waals surface area (Å²) in [6.07, 6.45) is -0.881. The second-order valence-corrected chi connectivity index (χ2v) is 6.18. The Hall–Kier alpha value is -1.45. The number of hydrogen-bond donors (Lipinski definition) is 0. The van der Waals surface area contributed by atoms with Crippen LogP contribution in [0.25, 0.3) is 0 Å². The third-order valence-electron chi connectivity index (χ3n) is 3.24. The fraction of sp³-hybridized carbons (Fsp3) is 0.200. The predicted molar refractivity (Wildman–Crippen MR) is 75.2 cm³/mol. The summed E-state index contributed by atoms with van der Waals surface area (Å²) in [6, 6.07) is 19.2. The molecule has 1 aliphatic heterocycles. The Labute approximate surface area is 117 Å². The first kappa shape index (κ1) is 13.5. The maximum Gasteiger partial charge on any atom is 0.475 e. The van der Waals surface area contributed by atoms with Gasteiger partial charge in [0.05, 0.1) is 0 Å². The molecule has 0 N–H and O–H groups in total. The zero-order valence-electron chi connectivity index (χ0n) is 11.0. The minimum atomic E-state index is -3.49. The van der Waals surface area contributed by atoms with Crippen LogP contribution in [0.4, 0.5) is 0 Å². The lowest BCUT2D eigenvalue weighted by Gasteiger charge is -2.16. The highest BCUT2D eigenvalue weighted by Crippen LogP contribution is 2.65. The molecule has 1 fully saturated rings. The summed E-state index contributed by atoms with van der Waals surface area (Å²) in [5.74, 6) is 0. The quantitative estimate of drug-likeness (QED) is 0.792. The standard InChI is InChI=1S/C15H15O4P/c1-17-20(16)18-14(12-8-4-2-5-9-12)15(19-20)13-10-6-3-7-11-13/h2-11,14-15H,1H3. The SMILES string of the molecule is COP1(=O)OC(c2ccccc2)C(c2ccccc2)O1. The molecule has 1 heterocycles. The lowest BCUT2D eigenvalue weighted by molar-refractivity contribution is 0.159. The largest absolute Gasteiger partial charge is 0.475 e. The van der Waals surface area contributed by atoms with Crippen molar-refractivity contribution in [2.75, 3.05) is 7.11 Å². The van der Waals surface area contributed by atoms with E-state index in [1.165, 1.54) is 7.11 Å². The van der Waals surface area contributed by atoms with Gasteiger partial charge in [-0.2, -0.15) is 0 Å². The van der Waals surface area contributed by atoms with Crippen molar-refractivity contribution in [3.63, 3.8) is 0 Å². The number of phosphoric acid groups is 1. The zero-order valence-corrected chi connectivity index (χ0v) is 11.9. The lowest BCUT2D eigenvalue weighted by Crippen LogP contribution is -2.06. The minimum Gasteiger partial charge on any atom is -0.290 e. The summed E-state index contributed by atoms with van der Waals surface area (Å²) in [5.41, 5.74) is 1.83. The van der Waals surface area contributed by atoms with Gasteiger partial charge in [0.15, 0.2) is 0 Å². The van der Waals surface area contributed by atoms with Gasteiger partial charge in [0, 0.05) is 7.11 Å². The van der Waals surface area contributed by atoms with Crippen molar-refractivity contribution < 1.29 is 18.1 Å². The molecule has 4 nitrogen and oxygen atoms in total. The minimum absolute atomic E-state index is 0.440. The van der Waals surface area contributed by atoms with Crippen molar-refractivity contribution in [2.45, 2.75) is 12.2 Å². The van der Waals surface area contributed by atoms with Crippen LogP contribution < -0.4 is 0 Å². The highest BCUT2D eigenvalue weighted by atomic mass is 31.2. The van der Waals surface area contributed by atoms with Crippen LogP contribution >= 0.6 is 7.82 Å². The molecule has 20 heavy (non-hydrogen) atoms. The summed E-state index contributed by atoms with van der Waals surface area (Å²) in [5, 5.41) is 0. The van der Waals surface area contributed by atoms with E-state index >= 15 is 0 Å². The van der Waals surface area contributed by atoms with E-state index in [-0.39, 0.29) is 0 Å². The van der Waals surface area contributed by atoms with Crippen LogP contribution in [0.5, 0.6) is 0 Å².